The van der Waals surface area contributed by atoms with E-state index in [1.54, 1.807) is 7.11 Å². The van der Waals surface area contributed by atoms with E-state index in [9.17, 15) is 13.2 Å². The van der Waals surface area contributed by atoms with Crippen LogP contribution in [0.15, 0.2) is 0 Å². The molecule has 7 nitrogen and oxygen atoms in total. The number of ether oxygens (including phenoxy) is 2. The first kappa shape index (κ1) is 21.6. The average molecular weight is 313 g/mol. The highest BCUT2D eigenvalue weighted by molar-refractivity contribution is 7.85. The first-order chi connectivity index (χ1) is 9.02. The fourth-order valence-corrected chi connectivity index (χ4v) is 1.18. The molecule has 1 N–H and O–H groups in total. The Labute approximate surface area is 122 Å². The Morgan fingerprint density at radius 2 is 1.85 bits per heavy atom. The zero-order valence-electron chi connectivity index (χ0n) is 13.1. The molecule has 0 spiro atoms. The summed E-state index contributed by atoms with van der Waals surface area (Å²) in [5.74, 6) is 0. The molecule has 0 amide bonds. The van der Waals surface area contributed by atoms with Crippen LogP contribution in [0.25, 0.3) is 0 Å². The molecule has 0 aliphatic carbocycles. The third kappa shape index (κ3) is 22.5. The summed E-state index contributed by atoms with van der Waals surface area (Å²) in [4.78, 5) is 9.60. The number of carbonyl (C=O) groups excluding carboxylic acids is 1. The van der Waals surface area contributed by atoms with Gasteiger partial charge in [-0.3, -0.25) is 8.98 Å². The number of nitrogens with one attached hydrogen (secondary N) is 1. The normalized spacial score (nSPS) is 13.1. The Morgan fingerprint density at radius 1 is 1.30 bits per heavy atom. The summed E-state index contributed by atoms with van der Waals surface area (Å²) in [5, 5.41) is 2.99. The largest absolute Gasteiger partial charge is 0.462 e. The monoisotopic (exact) mass is 313 g/mol. The Bertz CT molecular complexity index is 336. The van der Waals surface area contributed by atoms with E-state index in [2.05, 4.69) is 14.2 Å². The molecule has 0 bridgehead atoms. The van der Waals surface area contributed by atoms with E-state index in [0.29, 0.717) is 19.6 Å². The van der Waals surface area contributed by atoms with E-state index < -0.39 is 10.1 Å². The van der Waals surface area contributed by atoms with Gasteiger partial charge in [0.1, 0.15) is 5.60 Å². The van der Waals surface area contributed by atoms with Crippen LogP contribution in [0.4, 0.5) is 0 Å². The van der Waals surface area contributed by atoms with Gasteiger partial charge in [-0.1, -0.05) is 0 Å². The second-order valence-electron chi connectivity index (χ2n) is 5.10. The van der Waals surface area contributed by atoms with Crippen LogP contribution in [-0.2, 0) is 28.6 Å². The lowest BCUT2D eigenvalue weighted by atomic mass is 10.2. The van der Waals surface area contributed by atoms with Crippen LogP contribution >= 0.6 is 0 Å². The zero-order valence-corrected chi connectivity index (χ0v) is 14.0. The van der Waals surface area contributed by atoms with Crippen molar-refractivity contribution in [3.8, 4) is 0 Å². The van der Waals surface area contributed by atoms with Crippen molar-refractivity contribution < 1.29 is 26.9 Å². The van der Waals surface area contributed by atoms with Crippen LogP contribution in [-0.4, -0.2) is 59.7 Å². The second-order valence-corrected chi connectivity index (χ2v) is 6.75. The van der Waals surface area contributed by atoms with Crippen molar-refractivity contribution in [2.45, 2.75) is 39.4 Å². The van der Waals surface area contributed by atoms with Gasteiger partial charge in [0.15, 0.2) is 0 Å². The van der Waals surface area contributed by atoms with E-state index in [-0.39, 0.29) is 18.3 Å². The maximum absolute atomic E-state index is 10.5. The molecule has 8 heteroatoms. The van der Waals surface area contributed by atoms with Gasteiger partial charge in [-0.15, -0.1) is 0 Å². The topological polar surface area (TPSA) is 90.9 Å². The molecule has 0 aliphatic rings. The van der Waals surface area contributed by atoms with Crippen LogP contribution in [0.2, 0.25) is 0 Å². The molecule has 0 fully saturated rings. The smallest absolute Gasteiger partial charge is 0.293 e. The number of hydrogen-bond donors (Lipinski definition) is 1. The van der Waals surface area contributed by atoms with Crippen LogP contribution in [0.3, 0.4) is 0 Å². The summed E-state index contributed by atoms with van der Waals surface area (Å²) < 4.78 is 35.1. The number of rotatable bonds is 8. The minimum absolute atomic E-state index is 0.123. The van der Waals surface area contributed by atoms with Crippen molar-refractivity contribution in [3.63, 3.8) is 0 Å². The summed E-state index contributed by atoms with van der Waals surface area (Å²) in [5.41, 5.74) is -0.318. The maximum atomic E-state index is 10.5. The van der Waals surface area contributed by atoms with Gasteiger partial charge < -0.3 is 14.8 Å². The van der Waals surface area contributed by atoms with Crippen molar-refractivity contribution in [2.75, 3.05) is 33.1 Å². The number of carbonyl (C=O) groups is 1. The molecule has 0 aromatic heterocycles. The van der Waals surface area contributed by atoms with E-state index in [1.807, 2.05) is 27.7 Å². The van der Waals surface area contributed by atoms with Gasteiger partial charge in [-0.2, -0.15) is 8.42 Å². The summed E-state index contributed by atoms with van der Waals surface area (Å²) in [7, 11) is -1.68. The fourth-order valence-electron chi connectivity index (χ4n) is 0.798. The van der Waals surface area contributed by atoms with Gasteiger partial charge >= 0.3 is 0 Å². The molecular formula is C12H27NO6S. The molecule has 0 heterocycles. The molecule has 0 saturated carbocycles. The lowest BCUT2D eigenvalue weighted by molar-refractivity contribution is -0.138. The molecule has 0 aromatic rings. The molecule has 0 saturated heterocycles. The summed E-state index contributed by atoms with van der Waals surface area (Å²) in [6.45, 7) is 9.19. The van der Waals surface area contributed by atoms with E-state index in [1.165, 1.54) is 0 Å². The van der Waals surface area contributed by atoms with Crippen molar-refractivity contribution in [2.24, 2.45) is 0 Å². The predicted octanol–water partition coefficient (Wildman–Crippen LogP) is 0.545. The van der Waals surface area contributed by atoms with E-state index in [0.717, 1.165) is 6.26 Å². The number of methoxy groups -OCH3 is 1. The first-order valence-electron chi connectivity index (χ1n) is 6.21. The minimum Gasteiger partial charge on any atom is -0.462 e. The fraction of sp³-hybridized carbons (Fsp3) is 0.917. The van der Waals surface area contributed by atoms with E-state index >= 15 is 0 Å². The standard InChI is InChI=1S/C7H17NO4S.C5H10O2/c1-7(11-2)6-8-4-5-12-13(3,9)10;1-5(2,3)7-4-6/h7-8H,4-6H2,1-3H3;4H,1-3H3/t7-;/m1./s1. The maximum Gasteiger partial charge on any atom is 0.293 e. The van der Waals surface area contributed by atoms with Gasteiger partial charge in [-0.25, -0.2) is 0 Å². The Hall–Kier alpha value is -0.700. The van der Waals surface area contributed by atoms with Crippen molar-refractivity contribution in [1.29, 1.82) is 0 Å². The van der Waals surface area contributed by atoms with Crippen LogP contribution in [0.5, 0.6) is 0 Å². The Kier molecular flexibility index (Phi) is 11.9. The van der Waals surface area contributed by atoms with Gasteiger partial charge in [0.25, 0.3) is 16.6 Å². The summed E-state index contributed by atoms with van der Waals surface area (Å²) in [6.07, 6.45) is 1.16. The van der Waals surface area contributed by atoms with Gasteiger partial charge in [0.2, 0.25) is 0 Å². The van der Waals surface area contributed by atoms with Gasteiger partial charge in [0.05, 0.1) is 19.0 Å². The number of hydrogen-bond acceptors (Lipinski definition) is 7. The average Bonchev–Trinajstić information content (AvgIpc) is 2.26. The summed E-state index contributed by atoms with van der Waals surface area (Å²) >= 11 is 0. The van der Waals surface area contributed by atoms with Crippen LogP contribution in [0, 0.1) is 0 Å². The van der Waals surface area contributed by atoms with Crippen molar-refractivity contribution in [1.82, 2.24) is 5.32 Å². The Balaban J connectivity index is 0. The molecule has 0 aliphatic heterocycles. The molecule has 0 unspecified atom stereocenters. The molecular weight excluding hydrogens is 286 g/mol. The highest BCUT2D eigenvalue weighted by Crippen LogP contribution is 2.02. The summed E-state index contributed by atoms with van der Waals surface area (Å²) in [6, 6.07) is 0. The van der Waals surface area contributed by atoms with Crippen molar-refractivity contribution in [3.05, 3.63) is 0 Å². The SMILES string of the molecule is CC(C)(C)OC=O.CO[C@H](C)CNCCOS(C)(=O)=O. The predicted molar refractivity (Wildman–Crippen MR) is 77.0 cm³/mol. The minimum atomic E-state index is -3.30. The Morgan fingerprint density at radius 3 is 2.15 bits per heavy atom. The van der Waals surface area contributed by atoms with Gasteiger partial charge in [0, 0.05) is 20.2 Å². The van der Waals surface area contributed by atoms with Crippen LogP contribution in [0.1, 0.15) is 27.7 Å². The third-order valence-corrected chi connectivity index (χ3v) is 2.41. The lowest BCUT2D eigenvalue weighted by Gasteiger charge is -2.14. The quantitative estimate of drug-likeness (QED) is 0.397. The first-order valence-corrected chi connectivity index (χ1v) is 8.03. The molecule has 20 heavy (non-hydrogen) atoms. The molecule has 0 radical (unpaired) electrons. The highest BCUT2D eigenvalue weighted by atomic mass is 32.2. The lowest BCUT2D eigenvalue weighted by Crippen LogP contribution is -2.29. The molecule has 0 aromatic carbocycles. The van der Waals surface area contributed by atoms with E-state index in [4.69, 9.17) is 4.74 Å². The second kappa shape index (κ2) is 11.0. The highest BCUT2D eigenvalue weighted by Gasteiger charge is 2.07. The third-order valence-electron chi connectivity index (χ3n) is 1.81. The molecule has 1 atom stereocenters. The van der Waals surface area contributed by atoms with Crippen molar-refractivity contribution >= 4 is 16.6 Å². The zero-order chi connectivity index (χ0) is 16.2. The molecule has 122 valence electrons. The van der Waals surface area contributed by atoms with Crippen LogP contribution < -0.4 is 5.32 Å². The molecule has 0 rings (SSSR count). The van der Waals surface area contributed by atoms with Gasteiger partial charge in [-0.05, 0) is 27.7 Å².